The van der Waals surface area contributed by atoms with Crippen LogP contribution in [0.25, 0.3) is 11.3 Å². The number of methoxy groups -OCH3 is 1. The summed E-state index contributed by atoms with van der Waals surface area (Å²) < 4.78 is 6.02. The largest absolute Gasteiger partial charge is 0.469 e. The van der Waals surface area contributed by atoms with E-state index >= 15 is 0 Å². The maximum absolute atomic E-state index is 13.6. The Kier molecular flexibility index (Phi) is 8.87. The van der Waals surface area contributed by atoms with Crippen molar-refractivity contribution in [3.05, 3.63) is 123 Å². The molecule has 1 aromatic heterocycles. The van der Waals surface area contributed by atoms with Crippen LogP contribution in [0, 0.1) is 0 Å². The molecule has 1 aliphatic rings. The third-order valence-electron chi connectivity index (χ3n) is 6.58. The number of nitrogens with zero attached hydrogens (tertiary/aromatic N) is 3. The van der Waals surface area contributed by atoms with Crippen LogP contribution in [0.3, 0.4) is 0 Å². The molecule has 0 aliphatic carbocycles. The summed E-state index contributed by atoms with van der Waals surface area (Å²) in [4.78, 5) is 43.3. The average Bonchev–Trinajstić information content (AvgIpc) is 3.43. The van der Waals surface area contributed by atoms with Gasteiger partial charge in [-0.25, -0.2) is 4.98 Å². The molecule has 0 spiro atoms. The van der Waals surface area contributed by atoms with Gasteiger partial charge in [0.25, 0.3) is 5.56 Å². The smallest absolute Gasteiger partial charge is 0.309 e. The van der Waals surface area contributed by atoms with Crippen LogP contribution in [0.15, 0.2) is 101 Å². The minimum absolute atomic E-state index is 0.122. The van der Waals surface area contributed by atoms with Crippen LogP contribution in [0.4, 0.5) is 11.4 Å². The number of benzene rings is 3. The van der Waals surface area contributed by atoms with Gasteiger partial charge in [-0.1, -0.05) is 65.7 Å². The standard InChI is InChI=1S/C30H26Cl2N6O4/c1-42-29(40)14-20-7-10-22(11-8-20)34-30(41)26(13-19-5-3-2-4-6-19)37-18-33-24(16-28(37)39)23-15-21(31)9-12-25(23)38-17-27(32)35-36-38/h2-12,15-18,26,35-36H,13-14H2,1H3,(H,34,41)/t26-/m0/s1. The second-order valence-electron chi connectivity index (χ2n) is 9.41. The number of hydrogen-bond donors (Lipinski definition) is 3. The van der Waals surface area contributed by atoms with E-state index in [0.29, 0.717) is 32.8 Å². The van der Waals surface area contributed by atoms with Gasteiger partial charge in [0, 0.05) is 28.8 Å². The molecule has 0 bridgehead atoms. The number of aromatic nitrogens is 2. The molecular formula is C30H26Cl2N6O4. The minimum atomic E-state index is -0.902. The average molecular weight is 605 g/mol. The van der Waals surface area contributed by atoms with Gasteiger partial charge < -0.3 is 10.1 Å². The summed E-state index contributed by atoms with van der Waals surface area (Å²) in [6.07, 6.45) is 3.38. The van der Waals surface area contributed by atoms with E-state index in [0.717, 1.165) is 11.1 Å². The Balaban J connectivity index is 1.45. The summed E-state index contributed by atoms with van der Waals surface area (Å²) in [6, 6.07) is 21.9. The first-order chi connectivity index (χ1) is 20.3. The van der Waals surface area contributed by atoms with Crippen LogP contribution < -0.4 is 26.8 Å². The number of hydrogen-bond acceptors (Lipinski definition) is 8. The predicted molar refractivity (Wildman–Crippen MR) is 162 cm³/mol. The molecule has 0 unspecified atom stereocenters. The van der Waals surface area contributed by atoms with Gasteiger partial charge in [0.2, 0.25) is 5.91 Å². The molecule has 12 heteroatoms. The summed E-state index contributed by atoms with van der Waals surface area (Å²) in [6.45, 7) is 0. The van der Waals surface area contributed by atoms with Crippen molar-refractivity contribution in [1.29, 1.82) is 0 Å². The molecule has 42 heavy (non-hydrogen) atoms. The van der Waals surface area contributed by atoms with Gasteiger partial charge in [-0.05, 0) is 41.5 Å². The predicted octanol–water partition coefficient (Wildman–Crippen LogP) is 4.57. The van der Waals surface area contributed by atoms with Crippen LogP contribution in [-0.4, -0.2) is 28.5 Å². The maximum Gasteiger partial charge on any atom is 0.309 e. The Morgan fingerprint density at radius 2 is 1.76 bits per heavy atom. The first-order valence-electron chi connectivity index (χ1n) is 12.9. The molecule has 0 fully saturated rings. The van der Waals surface area contributed by atoms with Gasteiger partial charge in [-0.15, -0.1) is 5.53 Å². The monoisotopic (exact) mass is 604 g/mol. The van der Waals surface area contributed by atoms with E-state index in [1.807, 2.05) is 30.3 Å². The quantitative estimate of drug-likeness (QED) is 0.188. The Morgan fingerprint density at radius 3 is 2.43 bits per heavy atom. The van der Waals surface area contributed by atoms with Gasteiger partial charge in [-0.3, -0.25) is 29.4 Å². The third-order valence-corrected chi connectivity index (χ3v) is 7.00. The fourth-order valence-electron chi connectivity index (χ4n) is 4.46. The highest BCUT2D eigenvalue weighted by Gasteiger charge is 2.24. The molecule has 0 radical (unpaired) electrons. The molecular weight excluding hydrogens is 579 g/mol. The van der Waals surface area contributed by atoms with Gasteiger partial charge in [0.15, 0.2) is 0 Å². The highest BCUT2D eigenvalue weighted by atomic mass is 35.5. The van der Waals surface area contributed by atoms with Crippen molar-refractivity contribution in [3.8, 4) is 11.3 Å². The first kappa shape index (κ1) is 28.9. The molecule has 3 N–H and O–H groups in total. The Labute approximate surface area is 251 Å². The van der Waals surface area contributed by atoms with Crippen molar-refractivity contribution >= 4 is 46.5 Å². The number of esters is 1. The van der Waals surface area contributed by atoms with Crippen LogP contribution in [-0.2, 0) is 27.2 Å². The molecule has 1 amide bonds. The highest BCUT2D eigenvalue weighted by molar-refractivity contribution is 6.31. The van der Waals surface area contributed by atoms with E-state index in [9.17, 15) is 14.4 Å². The molecule has 1 atom stereocenters. The fourth-order valence-corrected chi connectivity index (χ4v) is 4.77. The minimum Gasteiger partial charge on any atom is -0.469 e. The lowest BCUT2D eigenvalue weighted by atomic mass is 10.0. The number of carbonyl (C=O) groups excluding carboxylic acids is 2. The molecule has 10 nitrogen and oxygen atoms in total. The van der Waals surface area contributed by atoms with Gasteiger partial charge in [0.05, 0.1) is 37.4 Å². The fraction of sp³-hybridized carbons (Fsp3) is 0.133. The first-order valence-corrected chi connectivity index (χ1v) is 13.6. The lowest BCUT2D eigenvalue weighted by Crippen LogP contribution is -2.36. The number of nitrogens with one attached hydrogen (secondary N) is 3. The summed E-state index contributed by atoms with van der Waals surface area (Å²) in [5.74, 6) is -0.754. The maximum atomic E-state index is 13.6. The zero-order chi connectivity index (χ0) is 29.6. The Hall–Kier alpha value is -4.64. The lowest BCUT2D eigenvalue weighted by molar-refractivity contribution is -0.139. The van der Waals surface area contributed by atoms with E-state index < -0.39 is 17.5 Å². The lowest BCUT2D eigenvalue weighted by Gasteiger charge is -2.21. The number of carbonyl (C=O) groups is 2. The second kappa shape index (κ2) is 12.9. The molecule has 0 saturated heterocycles. The number of ether oxygens (including phenoxy) is 1. The molecule has 0 saturated carbocycles. The normalized spacial score (nSPS) is 13.2. The Bertz CT molecular complexity index is 1690. The summed E-state index contributed by atoms with van der Waals surface area (Å²) >= 11 is 12.3. The number of rotatable bonds is 9. The van der Waals surface area contributed by atoms with E-state index in [4.69, 9.17) is 27.9 Å². The van der Waals surface area contributed by atoms with Crippen molar-refractivity contribution in [2.24, 2.45) is 0 Å². The third kappa shape index (κ3) is 6.80. The molecule has 5 rings (SSSR count). The van der Waals surface area contributed by atoms with Crippen molar-refractivity contribution in [3.63, 3.8) is 0 Å². The molecule has 214 valence electrons. The highest BCUT2D eigenvalue weighted by Crippen LogP contribution is 2.32. The SMILES string of the molecule is COC(=O)Cc1ccc(NC(=O)[C@H](Cc2ccccc2)n2cnc(-c3cc(Cl)ccc3N3C=C(Cl)NN3)cc2=O)cc1. The molecule has 3 aromatic carbocycles. The van der Waals surface area contributed by atoms with Crippen molar-refractivity contribution in [2.45, 2.75) is 18.9 Å². The Morgan fingerprint density at radius 1 is 1.00 bits per heavy atom. The van der Waals surface area contributed by atoms with Gasteiger partial charge in [-0.2, -0.15) is 0 Å². The van der Waals surface area contributed by atoms with E-state index in [-0.39, 0.29) is 18.8 Å². The van der Waals surface area contributed by atoms with Gasteiger partial charge >= 0.3 is 5.97 Å². The number of amides is 1. The molecule has 4 aromatic rings. The van der Waals surface area contributed by atoms with Crippen LogP contribution in [0.5, 0.6) is 0 Å². The second-order valence-corrected chi connectivity index (χ2v) is 10.3. The molecule has 1 aliphatic heterocycles. The van der Waals surface area contributed by atoms with Gasteiger partial charge in [0.1, 0.15) is 11.2 Å². The zero-order valence-corrected chi connectivity index (χ0v) is 23.9. The summed E-state index contributed by atoms with van der Waals surface area (Å²) in [5.41, 5.74) is 9.01. The van der Waals surface area contributed by atoms with E-state index in [1.54, 1.807) is 53.7 Å². The van der Waals surface area contributed by atoms with Crippen LogP contribution in [0.2, 0.25) is 5.02 Å². The summed E-state index contributed by atoms with van der Waals surface area (Å²) in [7, 11) is 1.33. The van der Waals surface area contributed by atoms with Crippen LogP contribution >= 0.6 is 23.2 Å². The van der Waals surface area contributed by atoms with Crippen molar-refractivity contribution in [1.82, 2.24) is 20.5 Å². The summed E-state index contributed by atoms with van der Waals surface area (Å²) in [5, 5.41) is 5.37. The zero-order valence-electron chi connectivity index (χ0n) is 22.4. The topological polar surface area (TPSA) is 118 Å². The number of anilines is 2. The van der Waals surface area contributed by atoms with Crippen molar-refractivity contribution < 1.29 is 14.3 Å². The van der Waals surface area contributed by atoms with E-state index in [2.05, 4.69) is 21.3 Å². The van der Waals surface area contributed by atoms with Crippen molar-refractivity contribution in [2.75, 3.05) is 17.4 Å². The number of halogens is 2. The number of hydrazine groups is 2. The van der Waals surface area contributed by atoms with E-state index in [1.165, 1.54) is 24.1 Å². The van der Waals surface area contributed by atoms with Crippen LogP contribution in [0.1, 0.15) is 17.2 Å². The molecule has 2 heterocycles.